The second-order valence-corrected chi connectivity index (χ2v) is 4.66. The van der Waals surface area contributed by atoms with Crippen LogP contribution >= 0.6 is 15.9 Å². The van der Waals surface area contributed by atoms with Crippen LogP contribution in [0.4, 0.5) is 0 Å². The van der Waals surface area contributed by atoms with Gasteiger partial charge in [-0.25, -0.2) is 0 Å². The van der Waals surface area contributed by atoms with E-state index in [9.17, 15) is 0 Å². The van der Waals surface area contributed by atoms with Crippen LogP contribution in [0.1, 0.15) is 19.4 Å². The Morgan fingerprint density at radius 2 is 2.21 bits per heavy atom. The summed E-state index contributed by atoms with van der Waals surface area (Å²) in [5.74, 6) is 0.698. The molecule has 0 fully saturated rings. The molecule has 1 aromatic carbocycles. The van der Waals surface area contributed by atoms with Crippen molar-refractivity contribution in [3.05, 3.63) is 34.3 Å². The van der Waals surface area contributed by atoms with Gasteiger partial charge in [-0.15, -0.1) is 0 Å². The van der Waals surface area contributed by atoms with Crippen molar-refractivity contribution in [1.29, 1.82) is 0 Å². The molecule has 1 nitrogen and oxygen atoms in total. The number of benzene rings is 1. The number of halogens is 1. The first-order chi connectivity index (χ1) is 6.72. The Morgan fingerprint density at radius 1 is 1.43 bits per heavy atom. The maximum absolute atomic E-state index is 3.49. The molecular formula is C12H18BrN. The Bertz CT molecular complexity index is 273. The maximum atomic E-state index is 3.49. The van der Waals surface area contributed by atoms with E-state index in [0.717, 1.165) is 19.5 Å². The molecule has 0 saturated carbocycles. The van der Waals surface area contributed by atoms with E-state index < -0.39 is 0 Å². The summed E-state index contributed by atoms with van der Waals surface area (Å²) in [5, 5.41) is 3.37. The van der Waals surface area contributed by atoms with E-state index in [2.05, 4.69) is 59.4 Å². The van der Waals surface area contributed by atoms with Crippen molar-refractivity contribution in [2.45, 2.75) is 20.3 Å². The Kier molecular flexibility index (Phi) is 5.20. The van der Waals surface area contributed by atoms with Gasteiger partial charge in [-0.2, -0.15) is 0 Å². The largest absolute Gasteiger partial charge is 0.317 e. The molecule has 78 valence electrons. The van der Waals surface area contributed by atoms with Crippen molar-refractivity contribution in [2.24, 2.45) is 5.92 Å². The van der Waals surface area contributed by atoms with Gasteiger partial charge in [0.05, 0.1) is 0 Å². The van der Waals surface area contributed by atoms with Crippen molar-refractivity contribution in [1.82, 2.24) is 5.32 Å². The number of rotatable bonds is 5. The fraction of sp³-hybridized carbons (Fsp3) is 0.500. The summed E-state index contributed by atoms with van der Waals surface area (Å²) in [6.07, 6.45) is 1.15. The molecule has 0 amide bonds. The van der Waals surface area contributed by atoms with Crippen LogP contribution in [0.15, 0.2) is 28.7 Å². The van der Waals surface area contributed by atoms with Gasteiger partial charge in [-0.05, 0) is 43.1 Å². The van der Waals surface area contributed by atoms with Gasteiger partial charge in [0, 0.05) is 4.47 Å². The second kappa shape index (κ2) is 6.20. The number of nitrogens with one attached hydrogen (secondary N) is 1. The summed E-state index contributed by atoms with van der Waals surface area (Å²) in [6.45, 7) is 6.58. The van der Waals surface area contributed by atoms with Gasteiger partial charge in [-0.1, -0.05) is 41.9 Å². The third-order valence-corrected chi connectivity index (χ3v) is 2.71. The van der Waals surface area contributed by atoms with Crippen LogP contribution in [-0.4, -0.2) is 13.1 Å². The minimum atomic E-state index is 0.698. The van der Waals surface area contributed by atoms with Crippen molar-refractivity contribution >= 4 is 15.9 Å². The van der Waals surface area contributed by atoms with Gasteiger partial charge in [0.1, 0.15) is 0 Å². The second-order valence-electron chi connectivity index (χ2n) is 3.75. The SMILES string of the molecule is CCNCC(C)Cc1cccc(Br)c1. The van der Waals surface area contributed by atoms with Crippen LogP contribution in [0.5, 0.6) is 0 Å². The molecule has 1 atom stereocenters. The Hall–Kier alpha value is -0.340. The van der Waals surface area contributed by atoms with E-state index in [-0.39, 0.29) is 0 Å². The van der Waals surface area contributed by atoms with E-state index in [0.29, 0.717) is 5.92 Å². The molecule has 0 spiro atoms. The smallest absolute Gasteiger partial charge is 0.0177 e. The Labute approximate surface area is 95.0 Å². The molecule has 1 unspecified atom stereocenters. The fourth-order valence-electron chi connectivity index (χ4n) is 1.53. The molecule has 0 radical (unpaired) electrons. The number of hydrogen-bond acceptors (Lipinski definition) is 1. The lowest BCUT2D eigenvalue weighted by atomic mass is 10.0. The van der Waals surface area contributed by atoms with Crippen molar-refractivity contribution in [3.63, 3.8) is 0 Å². The first-order valence-electron chi connectivity index (χ1n) is 5.17. The summed E-state index contributed by atoms with van der Waals surface area (Å²) in [6, 6.07) is 8.55. The average molecular weight is 256 g/mol. The Morgan fingerprint density at radius 3 is 2.86 bits per heavy atom. The summed E-state index contributed by atoms with van der Waals surface area (Å²) in [7, 11) is 0. The van der Waals surface area contributed by atoms with Crippen molar-refractivity contribution < 1.29 is 0 Å². The summed E-state index contributed by atoms with van der Waals surface area (Å²) in [4.78, 5) is 0. The monoisotopic (exact) mass is 255 g/mol. The van der Waals surface area contributed by atoms with Crippen LogP contribution in [0.3, 0.4) is 0 Å². The molecule has 1 N–H and O–H groups in total. The van der Waals surface area contributed by atoms with Crippen molar-refractivity contribution in [2.75, 3.05) is 13.1 Å². The third-order valence-electron chi connectivity index (χ3n) is 2.22. The predicted octanol–water partition coefficient (Wildman–Crippen LogP) is 3.24. The molecule has 0 aliphatic heterocycles. The highest BCUT2D eigenvalue weighted by molar-refractivity contribution is 9.10. The highest BCUT2D eigenvalue weighted by atomic mass is 79.9. The zero-order valence-corrected chi connectivity index (χ0v) is 10.5. The van der Waals surface area contributed by atoms with Gasteiger partial charge in [0.25, 0.3) is 0 Å². The van der Waals surface area contributed by atoms with Gasteiger partial charge in [-0.3, -0.25) is 0 Å². The highest BCUT2D eigenvalue weighted by Gasteiger charge is 2.02. The molecule has 0 aromatic heterocycles. The summed E-state index contributed by atoms with van der Waals surface area (Å²) in [5.41, 5.74) is 1.41. The van der Waals surface area contributed by atoms with E-state index in [1.807, 2.05) is 0 Å². The average Bonchev–Trinajstić information content (AvgIpc) is 2.15. The minimum absolute atomic E-state index is 0.698. The first-order valence-corrected chi connectivity index (χ1v) is 5.96. The van der Waals surface area contributed by atoms with E-state index in [1.54, 1.807) is 0 Å². The lowest BCUT2D eigenvalue weighted by molar-refractivity contribution is 0.521. The zero-order chi connectivity index (χ0) is 10.4. The first kappa shape index (κ1) is 11.7. The standard InChI is InChI=1S/C12H18BrN/c1-3-14-9-10(2)7-11-5-4-6-12(13)8-11/h4-6,8,10,14H,3,7,9H2,1-2H3. The Balaban J connectivity index is 2.43. The van der Waals surface area contributed by atoms with Crippen LogP contribution < -0.4 is 5.32 Å². The predicted molar refractivity (Wildman–Crippen MR) is 65.6 cm³/mol. The normalized spacial score (nSPS) is 12.8. The lowest BCUT2D eigenvalue weighted by Gasteiger charge is -2.11. The quantitative estimate of drug-likeness (QED) is 0.852. The maximum Gasteiger partial charge on any atom is 0.0177 e. The minimum Gasteiger partial charge on any atom is -0.317 e. The molecular weight excluding hydrogens is 238 g/mol. The van der Waals surface area contributed by atoms with Gasteiger partial charge in [0.2, 0.25) is 0 Å². The highest BCUT2D eigenvalue weighted by Crippen LogP contribution is 2.14. The molecule has 0 aliphatic rings. The van der Waals surface area contributed by atoms with Crippen molar-refractivity contribution in [3.8, 4) is 0 Å². The van der Waals surface area contributed by atoms with Crippen LogP contribution in [0.25, 0.3) is 0 Å². The number of hydrogen-bond donors (Lipinski definition) is 1. The molecule has 0 saturated heterocycles. The van der Waals surface area contributed by atoms with E-state index in [4.69, 9.17) is 0 Å². The van der Waals surface area contributed by atoms with Crippen LogP contribution in [0.2, 0.25) is 0 Å². The molecule has 2 heteroatoms. The molecule has 0 aliphatic carbocycles. The zero-order valence-electron chi connectivity index (χ0n) is 8.89. The molecule has 1 rings (SSSR count). The van der Waals surface area contributed by atoms with Gasteiger partial charge < -0.3 is 5.32 Å². The third kappa shape index (κ3) is 4.25. The van der Waals surface area contributed by atoms with Crippen LogP contribution in [0, 0.1) is 5.92 Å². The van der Waals surface area contributed by atoms with Gasteiger partial charge in [0.15, 0.2) is 0 Å². The van der Waals surface area contributed by atoms with E-state index >= 15 is 0 Å². The van der Waals surface area contributed by atoms with Gasteiger partial charge >= 0.3 is 0 Å². The fourth-order valence-corrected chi connectivity index (χ4v) is 1.98. The summed E-state index contributed by atoms with van der Waals surface area (Å²) < 4.78 is 1.17. The molecule has 0 bridgehead atoms. The molecule has 14 heavy (non-hydrogen) atoms. The summed E-state index contributed by atoms with van der Waals surface area (Å²) >= 11 is 3.49. The van der Waals surface area contributed by atoms with E-state index in [1.165, 1.54) is 10.0 Å². The topological polar surface area (TPSA) is 12.0 Å². The molecule has 0 heterocycles. The van der Waals surface area contributed by atoms with Crippen LogP contribution in [-0.2, 0) is 6.42 Å². The molecule has 1 aromatic rings. The lowest BCUT2D eigenvalue weighted by Crippen LogP contribution is -2.21.